The number of rotatable bonds is 5. The standard InChI is InChI=1S/C16H21NS/c1-4-13-8-5-6-9-14(13)17-16(12(2)3)15-10-7-11-18-15/h5-12,16-17H,4H2,1-3H3. The van der Waals surface area contributed by atoms with Gasteiger partial charge in [0.1, 0.15) is 0 Å². The first-order valence-corrected chi connectivity index (χ1v) is 7.48. The third-order valence-electron chi connectivity index (χ3n) is 3.23. The van der Waals surface area contributed by atoms with Gasteiger partial charge in [-0.1, -0.05) is 45.0 Å². The van der Waals surface area contributed by atoms with Gasteiger partial charge in [-0.3, -0.25) is 0 Å². The van der Waals surface area contributed by atoms with Crippen molar-refractivity contribution in [3.63, 3.8) is 0 Å². The third-order valence-corrected chi connectivity index (χ3v) is 4.18. The van der Waals surface area contributed by atoms with Crippen LogP contribution in [0.2, 0.25) is 0 Å². The van der Waals surface area contributed by atoms with E-state index >= 15 is 0 Å². The second kappa shape index (κ2) is 6.05. The number of aryl methyl sites for hydroxylation is 1. The van der Waals surface area contributed by atoms with Crippen molar-refractivity contribution in [3.8, 4) is 0 Å². The Morgan fingerprint density at radius 3 is 2.50 bits per heavy atom. The third kappa shape index (κ3) is 2.94. The molecule has 1 atom stereocenters. The van der Waals surface area contributed by atoms with Crippen molar-refractivity contribution < 1.29 is 0 Å². The summed E-state index contributed by atoms with van der Waals surface area (Å²) in [5.74, 6) is 0.577. The zero-order valence-corrected chi connectivity index (χ0v) is 12.1. The molecule has 0 bridgehead atoms. The van der Waals surface area contributed by atoms with E-state index in [1.807, 2.05) is 11.3 Å². The lowest BCUT2D eigenvalue weighted by Crippen LogP contribution is -2.16. The van der Waals surface area contributed by atoms with Crippen LogP contribution in [0.25, 0.3) is 0 Å². The molecule has 2 heteroatoms. The largest absolute Gasteiger partial charge is 0.377 e. The molecule has 2 rings (SSSR count). The smallest absolute Gasteiger partial charge is 0.0629 e. The topological polar surface area (TPSA) is 12.0 Å². The van der Waals surface area contributed by atoms with Gasteiger partial charge >= 0.3 is 0 Å². The number of para-hydroxylation sites is 1. The van der Waals surface area contributed by atoms with Crippen LogP contribution in [0, 0.1) is 5.92 Å². The minimum Gasteiger partial charge on any atom is -0.377 e. The van der Waals surface area contributed by atoms with Crippen LogP contribution >= 0.6 is 11.3 Å². The summed E-state index contributed by atoms with van der Waals surface area (Å²) in [6, 6.07) is 13.3. The van der Waals surface area contributed by atoms with Crippen LogP contribution < -0.4 is 5.32 Å². The lowest BCUT2D eigenvalue weighted by molar-refractivity contribution is 0.553. The zero-order chi connectivity index (χ0) is 13.0. The molecule has 0 aliphatic carbocycles. The Balaban J connectivity index is 2.24. The predicted molar refractivity (Wildman–Crippen MR) is 81.3 cm³/mol. The van der Waals surface area contributed by atoms with Crippen molar-refractivity contribution in [2.24, 2.45) is 5.92 Å². The van der Waals surface area contributed by atoms with E-state index in [4.69, 9.17) is 0 Å². The Hall–Kier alpha value is -1.28. The first kappa shape index (κ1) is 13.2. The fourth-order valence-corrected chi connectivity index (χ4v) is 3.12. The first-order valence-electron chi connectivity index (χ1n) is 6.60. The molecule has 1 aromatic carbocycles. The molecule has 1 N–H and O–H groups in total. The van der Waals surface area contributed by atoms with Crippen molar-refractivity contribution in [2.45, 2.75) is 33.2 Å². The van der Waals surface area contributed by atoms with Crippen LogP contribution in [0.5, 0.6) is 0 Å². The van der Waals surface area contributed by atoms with E-state index in [2.05, 4.69) is 67.9 Å². The Labute approximate surface area is 114 Å². The highest BCUT2D eigenvalue weighted by atomic mass is 32.1. The lowest BCUT2D eigenvalue weighted by Gasteiger charge is -2.24. The molecule has 1 unspecified atom stereocenters. The van der Waals surface area contributed by atoms with Gasteiger partial charge in [0.05, 0.1) is 6.04 Å². The highest BCUT2D eigenvalue weighted by Gasteiger charge is 2.17. The van der Waals surface area contributed by atoms with Gasteiger partial charge in [-0.25, -0.2) is 0 Å². The second-order valence-electron chi connectivity index (χ2n) is 4.89. The molecule has 0 saturated carbocycles. The fraction of sp³-hybridized carbons (Fsp3) is 0.375. The maximum atomic E-state index is 3.71. The average molecular weight is 259 g/mol. The second-order valence-corrected chi connectivity index (χ2v) is 5.87. The van der Waals surface area contributed by atoms with Crippen LogP contribution in [-0.4, -0.2) is 0 Å². The van der Waals surface area contributed by atoms with Gasteiger partial charge in [0.2, 0.25) is 0 Å². The van der Waals surface area contributed by atoms with E-state index in [1.54, 1.807) is 0 Å². The Morgan fingerprint density at radius 1 is 1.11 bits per heavy atom. The van der Waals surface area contributed by atoms with Crippen LogP contribution in [0.15, 0.2) is 41.8 Å². The van der Waals surface area contributed by atoms with E-state index in [9.17, 15) is 0 Å². The van der Waals surface area contributed by atoms with Crippen LogP contribution in [0.4, 0.5) is 5.69 Å². The predicted octanol–water partition coefficient (Wildman–Crippen LogP) is 5.12. The van der Waals surface area contributed by atoms with Crippen LogP contribution in [0.1, 0.15) is 37.3 Å². The quantitative estimate of drug-likeness (QED) is 0.786. The zero-order valence-electron chi connectivity index (χ0n) is 11.3. The minimum atomic E-state index is 0.401. The maximum Gasteiger partial charge on any atom is 0.0629 e. The fourth-order valence-electron chi connectivity index (χ4n) is 2.17. The molecule has 0 fully saturated rings. The molecule has 1 heterocycles. The van der Waals surface area contributed by atoms with Gasteiger partial charge < -0.3 is 5.32 Å². The lowest BCUT2D eigenvalue weighted by atomic mass is 10.0. The normalized spacial score (nSPS) is 12.7. The van der Waals surface area contributed by atoms with Crippen molar-refractivity contribution >= 4 is 17.0 Å². The summed E-state index contributed by atoms with van der Waals surface area (Å²) in [7, 11) is 0. The highest BCUT2D eigenvalue weighted by Crippen LogP contribution is 2.31. The van der Waals surface area contributed by atoms with E-state index in [0.717, 1.165) is 6.42 Å². The maximum absolute atomic E-state index is 3.71. The van der Waals surface area contributed by atoms with Gasteiger partial charge in [0.15, 0.2) is 0 Å². The Bertz CT molecular complexity index is 474. The molecule has 0 aliphatic heterocycles. The van der Waals surface area contributed by atoms with Gasteiger partial charge in [-0.2, -0.15) is 0 Å². The number of hydrogen-bond acceptors (Lipinski definition) is 2. The molecule has 0 amide bonds. The number of anilines is 1. The SMILES string of the molecule is CCc1ccccc1NC(c1cccs1)C(C)C. The molecule has 0 spiro atoms. The van der Waals surface area contributed by atoms with Crippen LogP contribution in [0.3, 0.4) is 0 Å². The number of nitrogens with one attached hydrogen (secondary N) is 1. The summed E-state index contributed by atoms with van der Waals surface area (Å²) < 4.78 is 0. The van der Waals surface area contributed by atoms with Crippen molar-refractivity contribution in [2.75, 3.05) is 5.32 Å². The van der Waals surface area contributed by atoms with Gasteiger partial charge in [-0.15, -0.1) is 11.3 Å². The van der Waals surface area contributed by atoms with E-state index < -0.39 is 0 Å². The van der Waals surface area contributed by atoms with Crippen molar-refractivity contribution in [1.29, 1.82) is 0 Å². The Kier molecular flexibility index (Phi) is 4.43. The minimum absolute atomic E-state index is 0.401. The molecule has 0 saturated heterocycles. The summed E-state index contributed by atoms with van der Waals surface area (Å²) in [4.78, 5) is 1.41. The summed E-state index contributed by atoms with van der Waals surface area (Å²) in [5.41, 5.74) is 2.66. The number of benzene rings is 1. The van der Waals surface area contributed by atoms with E-state index in [-0.39, 0.29) is 0 Å². The summed E-state index contributed by atoms with van der Waals surface area (Å²) in [5, 5.41) is 5.86. The van der Waals surface area contributed by atoms with E-state index in [1.165, 1.54) is 16.1 Å². The highest BCUT2D eigenvalue weighted by molar-refractivity contribution is 7.10. The number of thiophene rings is 1. The molecular weight excluding hydrogens is 238 g/mol. The average Bonchev–Trinajstić information content (AvgIpc) is 2.89. The van der Waals surface area contributed by atoms with Gasteiger partial charge in [0.25, 0.3) is 0 Å². The van der Waals surface area contributed by atoms with Gasteiger partial charge in [0, 0.05) is 10.6 Å². The molecule has 1 nitrogen and oxygen atoms in total. The van der Waals surface area contributed by atoms with E-state index in [0.29, 0.717) is 12.0 Å². The monoisotopic (exact) mass is 259 g/mol. The summed E-state index contributed by atoms with van der Waals surface area (Å²) in [6.45, 7) is 6.74. The molecule has 2 aromatic rings. The summed E-state index contributed by atoms with van der Waals surface area (Å²) >= 11 is 1.83. The molecule has 0 radical (unpaired) electrons. The molecule has 0 aliphatic rings. The first-order chi connectivity index (χ1) is 8.72. The van der Waals surface area contributed by atoms with Crippen molar-refractivity contribution in [3.05, 3.63) is 52.2 Å². The molecule has 1 aromatic heterocycles. The molecular formula is C16H21NS. The molecule has 18 heavy (non-hydrogen) atoms. The van der Waals surface area contributed by atoms with Crippen molar-refractivity contribution in [1.82, 2.24) is 0 Å². The number of hydrogen-bond donors (Lipinski definition) is 1. The Morgan fingerprint density at radius 2 is 1.89 bits per heavy atom. The van der Waals surface area contributed by atoms with Gasteiger partial charge in [-0.05, 0) is 35.4 Å². The molecule has 96 valence electrons. The van der Waals surface area contributed by atoms with Crippen LogP contribution in [-0.2, 0) is 6.42 Å². The summed E-state index contributed by atoms with van der Waals surface area (Å²) in [6.07, 6.45) is 1.07.